The summed E-state index contributed by atoms with van der Waals surface area (Å²) in [5, 5.41) is 0. The number of hydrogen-bond acceptors (Lipinski definition) is 2. The summed E-state index contributed by atoms with van der Waals surface area (Å²) in [7, 11) is 2.16. The van der Waals surface area contributed by atoms with Gasteiger partial charge in [0.15, 0.2) is 0 Å². The molecule has 3 heteroatoms. The minimum atomic E-state index is 1.19. The summed E-state index contributed by atoms with van der Waals surface area (Å²) in [6.45, 7) is 2.27. The summed E-state index contributed by atoms with van der Waals surface area (Å²) in [6, 6.07) is 17.5. The third-order valence-electron chi connectivity index (χ3n) is 4.02. The van der Waals surface area contributed by atoms with Crippen molar-refractivity contribution in [2.45, 2.75) is 13.3 Å². The van der Waals surface area contributed by atoms with Crippen molar-refractivity contribution in [3.8, 4) is 0 Å². The maximum atomic E-state index is 2.46. The predicted molar refractivity (Wildman–Crippen MR) is 109 cm³/mol. The molecule has 1 heterocycles. The highest BCUT2D eigenvalue weighted by molar-refractivity contribution is 14.1. The first-order valence-corrected chi connectivity index (χ1v) is 10.1. The third kappa shape index (κ3) is 2.93. The normalized spacial score (nSPS) is 12.9. The standard InChI is InChI=1S/C19H20INS/c1-14(22-13-7-12-20)19-15-8-3-5-10-17(15)21(2)18-11-6-4-9-16(18)19/h3-6,8-11H,7,12-13H2,1-2H3. The van der Waals surface area contributed by atoms with E-state index in [1.165, 1.54) is 49.6 Å². The van der Waals surface area contributed by atoms with Crippen molar-refractivity contribution < 1.29 is 0 Å². The van der Waals surface area contributed by atoms with Gasteiger partial charge in [0.05, 0.1) is 0 Å². The number of fused-ring (bicyclic) bond motifs is 2. The van der Waals surface area contributed by atoms with Crippen LogP contribution in [0.1, 0.15) is 24.5 Å². The summed E-state index contributed by atoms with van der Waals surface area (Å²) < 4.78 is 1.23. The van der Waals surface area contributed by atoms with Gasteiger partial charge in [0.2, 0.25) is 0 Å². The van der Waals surface area contributed by atoms with Crippen molar-refractivity contribution in [2.75, 3.05) is 22.1 Å². The van der Waals surface area contributed by atoms with E-state index in [1.54, 1.807) is 0 Å². The number of benzene rings is 2. The molecule has 0 unspecified atom stereocenters. The number of thioether (sulfide) groups is 1. The second kappa shape index (κ2) is 7.09. The maximum absolute atomic E-state index is 2.46. The zero-order valence-electron chi connectivity index (χ0n) is 13.0. The summed E-state index contributed by atoms with van der Waals surface area (Å²) in [5.41, 5.74) is 6.70. The van der Waals surface area contributed by atoms with E-state index >= 15 is 0 Å². The lowest BCUT2D eigenvalue weighted by Gasteiger charge is -2.32. The number of rotatable bonds is 4. The molecule has 2 aromatic carbocycles. The molecule has 0 bridgehead atoms. The van der Waals surface area contributed by atoms with Gasteiger partial charge in [0, 0.05) is 39.6 Å². The molecular weight excluding hydrogens is 401 g/mol. The number of nitrogens with zero attached hydrogens (tertiary/aromatic N) is 1. The number of para-hydroxylation sites is 2. The van der Waals surface area contributed by atoms with Crippen LogP contribution >= 0.6 is 34.4 Å². The van der Waals surface area contributed by atoms with Crippen LogP contribution in [0.5, 0.6) is 0 Å². The molecule has 22 heavy (non-hydrogen) atoms. The molecule has 0 spiro atoms. The minimum absolute atomic E-state index is 1.19. The largest absolute Gasteiger partial charge is 0.344 e. The summed E-state index contributed by atoms with van der Waals surface area (Å²) >= 11 is 4.45. The van der Waals surface area contributed by atoms with E-state index in [4.69, 9.17) is 0 Å². The smallest absolute Gasteiger partial charge is 0.0488 e. The average molecular weight is 421 g/mol. The predicted octanol–water partition coefficient (Wildman–Crippen LogP) is 6.11. The van der Waals surface area contributed by atoms with E-state index in [2.05, 4.69) is 90.0 Å². The van der Waals surface area contributed by atoms with Gasteiger partial charge < -0.3 is 4.90 Å². The first kappa shape index (κ1) is 15.9. The quantitative estimate of drug-likeness (QED) is 0.333. The Morgan fingerprint density at radius 1 is 1.00 bits per heavy atom. The molecule has 1 aliphatic heterocycles. The first-order chi connectivity index (χ1) is 10.7. The van der Waals surface area contributed by atoms with Gasteiger partial charge in [-0.05, 0) is 36.1 Å². The Morgan fingerprint density at radius 3 is 2.09 bits per heavy atom. The van der Waals surface area contributed by atoms with Crippen LogP contribution in [-0.2, 0) is 0 Å². The van der Waals surface area contributed by atoms with E-state index in [0.29, 0.717) is 0 Å². The molecule has 0 aromatic heterocycles. The van der Waals surface area contributed by atoms with Crippen molar-refractivity contribution in [3.63, 3.8) is 0 Å². The molecule has 0 saturated carbocycles. The highest BCUT2D eigenvalue weighted by atomic mass is 127. The van der Waals surface area contributed by atoms with Crippen LogP contribution in [0.3, 0.4) is 0 Å². The average Bonchev–Trinajstić information content (AvgIpc) is 2.55. The van der Waals surface area contributed by atoms with Crippen molar-refractivity contribution >= 4 is 51.3 Å². The van der Waals surface area contributed by atoms with Gasteiger partial charge in [-0.2, -0.15) is 0 Å². The van der Waals surface area contributed by atoms with Gasteiger partial charge in [-0.15, -0.1) is 11.8 Å². The van der Waals surface area contributed by atoms with E-state index in [0.717, 1.165) is 0 Å². The molecule has 114 valence electrons. The lowest BCUT2D eigenvalue weighted by molar-refractivity contribution is 1.15. The van der Waals surface area contributed by atoms with Crippen LogP contribution < -0.4 is 4.90 Å². The fourth-order valence-corrected chi connectivity index (χ4v) is 4.82. The molecule has 3 rings (SSSR count). The molecule has 0 atom stereocenters. The number of hydrogen-bond donors (Lipinski definition) is 0. The molecule has 0 N–H and O–H groups in total. The second-order valence-corrected chi connectivity index (χ2v) is 7.80. The van der Waals surface area contributed by atoms with Gasteiger partial charge in [0.25, 0.3) is 0 Å². The molecule has 0 amide bonds. The molecule has 0 saturated heterocycles. The van der Waals surface area contributed by atoms with Crippen LogP contribution in [0.15, 0.2) is 53.4 Å². The minimum Gasteiger partial charge on any atom is -0.344 e. The molecular formula is C19H20INS. The lowest BCUT2D eigenvalue weighted by Crippen LogP contribution is -2.18. The lowest BCUT2D eigenvalue weighted by atomic mass is 9.90. The van der Waals surface area contributed by atoms with Gasteiger partial charge in [-0.3, -0.25) is 0 Å². The highest BCUT2D eigenvalue weighted by Crippen LogP contribution is 2.46. The number of allylic oxidation sites excluding steroid dienone is 1. The highest BCUT2D eigenvalue weighted by Gasteiger charge is 2.24. The molecule has 2 aromatic rings. The topological polar surface area (TPSA) is 3.24 Å². The molecule has 1 aliphatic rings. The van der Waals surface area contributed by atoms with Crippen LogP contribution in [-0.4, -0.2) is 17.2 Å². The number of halogens is 1. The Kier molecular flexibility index (Phi) is 5.14. The van der Waals surface area contributed by atoms with E-state index in [-0.39, 0.29) is 0 Å². The van der Waals surface area contributed by atoms with Crippen LogP contribution in [0.25, 0.3) is 5.57 Å². The van der Waals surface area contributed by atoms with Crippen molar-refractivity contribution in [3.05, 3.63) is 64.6 Å². The molecule has 0 radical (unpaired) electrons. The van der Waals surface area contributed by atoms with Crippen LogP contribution in [0, 0.1) is 0 Å². The van der Waals surface area contributed by atoms with E-state index in [1.807, 2.05) is 11.8 Å². The third-order valence-corrected chi connectivity index (χ3v) is 5.91. The Balaban J connectivity index is 2.13. The Labute approximate surface area is 150 Å². The number of anilines is 2. The van der Waals surface area contributed by atoms with Crippen molar-refractivity contribution in [1.29, 1.82) is 0 Å². The summed E-state index contributed by atoms with van der Waals surface area (Å²) in [5.74, 6) is 1.19. The zero-order chi connectivity index (χ0) is 15.5. The molecule has 0 aliphatic carbocycles. The number of alkyl halides is 1. The first-order valence-electron chi connectivity index (χ1n) is 7.56. The monoisotopic (exact) mass is 421 g/mol. The summed E-state index contributed by atoms with van der Waals surface area (Å²) in [6.07, 6.45) is 1.26. The molecule has 1 nitrogen and oxygen atoms in total. The SMILES string of the molecule is CC(SCCCI)=C1c2ccccc2N(C)c2ccccc21. The van der Waals surface area contributed by atoms with E-state index in [9.17, 15) is 0 Å². The van der Waals surface area contributed by atoms with Crippen LogP contribution in [0.4, 0.5) is 11.4 Å². The van der Waals surface area contributed by atoms with Gasteiger partial charge in [-0.1, -0.05) is 59.0 Å². The van der Waals surface area contributed by atoms with Crippen molar-refractivity contribution in [1.82, 2.24) is 0 Å². The fraction of sp³-hybridized carbons (Fsp3) is 0.263. The van der Waals surface area contributed by atoms with Gasteiger partial charge in [-0.25, -0.2) is 0 Å². The Hall–Kier alpha value is -0.940. The maximum Gasteiger partial charge on any atom is 0.0488 e. The van der Waals surface area contributed by atoms with Crippen molar-refractivity contribution in [2.24, 2.45) is 0 Å². The fourth-order valence-electron chi connectivity index (χ4n) is 2.96. The summed E-state index contributed by atoms with van der Waals surface area (Å²) in [4.78, 5) is 3.73. The second-order valence-electron chi connectivity index (χ2n) is 5.42. The Bertz CT molecular complexity index is 659. The van der Waals surface area contributed by atoms with Gasteiger partial charge in [0.1, 0.15) is 0 Å². The van der Waals surface area contributed by atoms with Gasteiger partial charge >= 0.3 is 0 Å². The Morgan fingerprint density at radius 2 is 1.55 bits per heavy atom. The molecule has 0 fully saturated rings. The van der Waals surface area contributed by atoms with E-state index < -0.39 is 0 Å². The van der Waals surface area contributed by atoms with Crippen LogP contribution in [0.2, 0.25) is 0 Å². The zero-order valence-corrected chi connectivity index (χ0v) is 15.9.